The van der Waals surface area contributed by atoms with E-state index in [1.165, 1.54) is 52.3 Å². The summed E-state index contributed by atoms with van der Waals surface area (Å²) in [5.41, 5.74) is 2.33. The third kappa shape index (κ3) is 4.70. The van der Waals surface area contributed by atoms with Crippen LogP contribution >= 0.6 is 11.3 Å². The molecule has 0 saturated heterocycles. The zero-order chi connectivity index (χ0) is 29.4. The molecular weight excluding hydrogens is 555 g/mol. The standard InChI is InChI=1S/C40H35NSSi/c1-40(2,3)41(36-23-15-25-38-39(36)35-22-13-14-24-37(35)42-38)30-26-28-34(29-27-30)43(31-16-7-4-8-17-31,32-18-9-5-10-19-32)33-20-11-6-12-21-33/h4-29H,1-3H3. The van der Waals surface area contributed by atoms with Gasteiger partial charge in [0.25, 0.3) is 0 Å². The van der Waals surface area contributed by atoms with E-state index in [9.17, 15) is 0 Å². The summed E-state index contributed by atoms with van der Waals surface area (Å²) in [6.45, 7) is 6.93. The van der Waals surface area contributed by atoms with Crippen molar-refractivity contribution in [2.45, 2.75) is 26.3 Å². The number of rotatable bonds is 6. The Kier molecular flexibility index (Phi) is 7.01. The highest BCUT2D eigenvalue weighted by molar-refractivity contribution is 7.26. The quantitative estimate of drug-likeness (QED) is 0.139. The Hall–Kier alpha value is -4.44. The first-order chi connectivity index (χ1) is 21.0. The van der Waals surface area contributed by atoms with Gasteiger partial charge >= 0.3 is 0 Å². The van der Waals surface area contributed by atoms with Gasteiger partial charge in [-0.3, -0.25) is 0 Å². The van der Waals surface area contributed by atoms with Gasteiger partial charge in [0.1, 0.15) is 0 Å². The van der Waals surface area contributed by atoms with Gasteiger partial charge in [0.15, 0.2) is 8.07 Å². The van der Waals surface area contributed by atoms with Gasteiger partial charge in [-0.2, -0.15) is 0 Å². The van der Waals surface area contributed by atoms with Crippen molar-refractivity contribution in [3.8, 4) is 0 Å². The topological polar surface area (TPSA) is 3.24 Å². The fourth-order valence-electron chi connectivity index (χ4n) is 6.75. The Morgan fingerprint density at radius 2 is 0.930 bits per heavy atom. The molecule has 43 heavy (non-hydrogen) atoms. The van der Waals surface area contributed by atoms with Crippen molar-refractivity contribution in [2.24, 2.45) is 0 Å². The van der Waals surface area contributed by atoms with Crippen LogP contribution in [0.15, 0.2) is 158 Å². The van der Waals surface area contributed by atoms with Crippen LogP contribution in [0, 0.1) is 0 Å². The molecule has 0 spiro atoms. The van der Waals surface area contributed by atoms with Gasteiger partial charge in [0.05, 0.1) is 5.69 Å². The largest absolute Gasteiger partial charge is 0.336 e. The van der Waals surface area contributed by atoms with E-state index in [2.05, 4.69) is 183 Å². The maximum absolute atomic E-state index is 2.57. The molecule has 0 amide bonds. The van der Waals surface area contributed by atoms with Crippen LogP contribution in [-0.2, 0) is 0 Å². The van der Waals surface area contributed by atoms with Gasteiger partial charge in [-0.15, -0.1) is 11.3 Å². The average molecular weight is 590 g/mol. The second kappa shape index (κ2) is 11.0. The van der Waals surface area contributed by atoms with Crippen LogP contribution in [0.1, 0.15) is 20.8 Å². The van der Waals surface area contributed by atoms with Gasteiger partial charge in [-0.05, 0) is 71.8 Å². The van der Waals surface area contributed by atoms with Gasteiger partial charge < -0.3 is 4.90 Å². The number of hydrogen-bond acceptors (Lipinski definition) is 2. The Morgan fingerprint density at radius 1 is 0.465 bits per heavy atom. The lowest BCUT2D eigenvalue weighted by Gasteiger charge is -2.39. The van der Waals surface area contributed by atoms with Crippen molar-refractivity contribution in [1.82, 2.24) is 0 Å². The zero-order valence-electron chi connectivity index (χ0n) is 24.9. The zero-order valence-corrected chi connectivity index (χ0v) is 26.7. The minimum Gasteiger partial charge on any atom is -0.336 e. The third-order valence-corrected chi connectivity index (χ3v) is 14.4. The SMILES string of the molecule is CC(C)(C)N(c1ccc([Si](c2ccccc2)(c2ccccc2)c2ccccc2)cc1)c1cccc2sc3ccccc3c12. The van der Waals surface area contributed by atoms with Crippen LogP contribution in [0.25, 0.3) is 20.2 Å². The molecule has 0 aliphatic rings. The Labute approximate surface area is 259 Å². The molecule has 0 bridgehead atoms. The Morgan fingerprint density at radius 3 is 1.47 bits per heavy atom. The van der Waals surface area contributed by atoms with E-state index in [0.717, 1.165) is 0 Å². The number of nitrogens with zero attached hydrogens (tertiary/aromatic N) is 1. The molecule has 0 atom stereocenters. The summed E-state index contributed by atoms with van der Waals surface area (Å²) in [5.74, 6) is 0. The molecular formula is C40H35NSSi. The molecule has 1 nitrogen and oxygen atoms in total. The molecule has 0 aliphatic heterocycles. The van der Waals surface area contributed by atoms with E-state index >= 15 is 0 Å². The van der Waals surface area contributed by atoms with E-state index in [-0.39, 0.29) is 5.54 Å². The second-order valence-electron chi connectivity index (χ2n) is 12.1. The van der Waals surface area contributed by atoms with Crippen LogP contribution in [0.4, 0.5) is 11.4 Å². The number of benzene rings is 6. The molecule has 0 radical (unpaired) electrons. The number of thiophene rings is 1. The minimum atomic E-state index is -2.57. The molecule has 210 valence electrons. The normalized spacial score (nSPS) is 12.1. The summed E-state index contributed by atoms with van der Waals surface area (Å²) in [6, 6.07) is 58.5. The predicted molar refractivity (Wildman–Crippen MR) is 191 cm³/mol. The van der Waals surface area contributed by atoms with Crippen molar-refractivity contribution in [3.05, 3.63) is 158 Å². The summed E-state index contributed by atoms with van der Waals surface area (Å²) in [7, 11) is -2.57. The minimum absolute atomic E-state index is 0.133. The summed E-state index contributed by atoms with van der Waals surface area (Å²) in [5, 5.41) is 8.22. The smallest absolute Gasteiger partial charge is 0.179 e. The number of hydrogen-bond donors (Lipinski definition) is 0. The molecule has 0 unspecified atom stereocenters. The highest BCUT2D eigenvalue weighted by atomic mass is 32.1. The molecule has 1 aromatic heterocycles. The van der Waals surface area contributed by atoms with Crippen molar-refractivity contribution in [1.29, 1.82) is 0 Å². The van der Waals surface area contributed by atoms with Gasteiger partial charge in [0, 0.05) is 31.4 Å². The Balaban J connectivity index is 1.45. The van der Waals surface area contributed by atoms with E-state index in [4.69, 9.17) is 0 Å². The molecule has 0 N–H and O–H groups in total. The van der Waals surface area contributed by atoms with Crippen LogP contribution in [-0.4, -0.2) is 13.6 Å². The number of anilines is 2. The first kappa shape index (κ1) is 27.4. The molecule has 7 aromatic rings. The molecule has 0 aliphatic carbocycles. The van der Waals surface area contributed by atoms with Gasteiger partial charge in [0.2, 0.25) is 0 Å². The Bertz CT molecular complexity index is 1890. The number of fused-ring (bicyclic) bond motifs is 3. The molecule has 7 rings (SSSR count). The van der Waals surface area contributed by atoms with Crippen LogP contribution in [0.3, 0.4) is 0 Å². The predicted octanol–water partition coefficient (Wildman–Crippen LogP) is 8.37. The van der Waals surface area contributed by atoms with Crippen LogP contribution in [0.2, 0.25) is 0 Å². The molecule has 0 fully saturated rings. The maximum atomic E-state index is 2.52. The highest BCUT2D eigenvalue weighted by Crippen LogP contribution is 2.44. The summed E-state index contributed by atoms with van der Waals surface area (Å²) in [4.78, 5) is 2.52. The summed E-state index contributed by atoms with van der Waals surface area (Å²) in [6.07, 6.45) is 0. The fourth-order valence-corrected chi connectivity index (χ4v) is 12.6. The van der Waals surface area contributed by atoms with E-state index in [1.807, 2.05) is 11.3 Å². The fraction of sp³-hybridized carbons (Fsp3) is 0.100. The van der Waals surface area contributed by atoms with Crippen molar-refractivity contribution in [3.63, 3.8) is 0 Å². The molecule has 0 saturated carbocycles. The summed E-state index contributed by atoms with van der Waals surface area (Å²) >= 11 is 1.88. The third-order valence-electron chi connectivity index (χ3n) is 8.47. The molecule has 3 heteroatoms. The second-order valence-corrected chi connectivity index (χ2v) is 17.0. The van der Waals surface area contributed by atoms with E-state index in [1.54, 1.807) is 0 Å². The monoisotopic (exact) mass is 589 g/mol. The van der Waals surface area contributed by atoms with Crippen molar-refractivity contribution in [2.75, 3.05) is 4.90 Å². The average Bonchev–Trinajstić information content (AvgIpc) is 3.43. The molecule has 6 aromatic carbocycles. The van der Waals surface area contributed by atoms with Crippen LogP contribution in [0.5, 0.6) is 0 Å². The van der Waals surface area contributed by atoms with E-state index < -0.39 is 8.07 Å². The first-order valence-electron chi connectivity index (χ1n) is 15.0. The van der Waals surface area contributed by atoms with Crippen molar-refractivity contribution >= 4 is 71.7 Å². The lowest BCUT2D eigenvalue weighted by atomic mass is 10.0. The lowest BCUT2D eigenvalue weighted by molar-refractivity contribution is 0.561. The first-order valence-corrected chi connectivity index (χ1v) is 17.8. The molecule has 1 heterocycles. The van der Waals surface area contributed by atoms with Gasteiger partial charge in [-0.25, -0.2) is 0 Å². The summed E-state index contributed by atoms with van der Waals surface area (Å²) < 4.78 is 2.66. The van der Waals surface area contributed by atoms with E-state index in [0.29, 0.717) is 0 Å². The van der Waals surface area contributed by atoms with Crippen LogP contribution < -0.4 is 25.6 Å². The van der Waals surface area contributed by atoms with Gasteiger partial charge in [-0.1, -0.05) is 127 Å². The lowest BCUT2D eigenvalue weighted by Crippen LogP contribution is -2.74. The highest BCUT2D eigenvalue weighted by Gasteiger charge is 2.41. The van der Waals surface area contributed by atoms with Crippen molar-refractivity contribution < 1.29 is 0 Å². The maximum Gasteiger partial charge on any atom is 0.179 e.